The third-order valence-electron chi connectivity index (χ3n) is 2.39. The van der Waals surface area contributed by atoms with Crippen molar-refractivity contribution in [3.05, 3.63) is 41.2 Å². The number of aliphatic hydroxyl groups excluding tert-OH is 1. The van der Waals surface area contributed by atoms with Gasteiger partial charge in [0.2, 0.25) is 0 Å². The zero-order valence-corrected chi connectivity index (χ0v) is 10.6. The highest BCUT2D eigenvalue weighted by Gasteiger charge is 2.14. The maximum Gasteiger partial charge on any atom is 0.138 e. The number of benzene rings is 1. The standard InChI is InChI=1S/C12H13BrN2O/c1-8(13)7-15-11-6-4-3-5-10(11)14-12(15)9(2)16/h3-6,9,16H,1,7H2,2H3/t9-/m0/s1. The number of aliphatic hydroxyl groups is 1. The van der Waals surface area contributed by atoms with Crippen molar-refractivity contribution < 1.29 is 5.11 Å². The predicted octanol–water partition coefficient (Wildman–Crippen LogP) is 3.00. The van der Waals surface area contributed by atoms with Gasteiger partial charge in [0, 0.05) is 4.48 Å². The molecule has 1 atom stereocenters. The van der Waals surface area contributed by atoms with Gasteiger partial charge in [0.1, 0.15) is 11.9 Å². The quantitative estimate of drug-likeness (QED) is 0.939. The van der Waals surface area contributed by atoms with E-state index < -0.39 is 6.10 Å². The van der Waals surface area contributed by atoms with E-state index in [1.165, 1.54) is 0 Å². The highest BCUT2D eigenvalue weighted by atomic mass is 79.9. The van der Waals surface area contributed by atoms with Gasteiger partial charge in [-0.15, -0.1) is 0 Å². The lowest BCUT2D eigenvalue weighted by molar-refractivity contribution is 0.185. The summed E-state index contributed by atoms with van der Waals surface area (Å²) in [4.78, 5) is 4.42. The van der Waals surface area contributed by atoms with Gasteiger partial charge < -0.3 is 9.67 Å². The van der Waals surface area contributed by atoms with Crippen LogP contribution in [0.5, 0.6) is 0 Å². The highest BCUT2D eigenvalue weighted by molar-refractivity contribution is 9.11. The monoisotopic (exact) mass is 280 g/mol. The molecule has 0 fully saturated rings. The number of allylic oxidation sites excluding steroid dienone is 1. The molecule has 1 aromatic carbocycles. The van der Waals surface area contributed by atoms with Crippen LogP contribution in [0.2, 0.25) is 0 Å². The van der Waals surface area contributed by atoms with E-state index in [4.69, 9.17) is 0 Å². The van der Waals surface area contributed by atoms with E-state index in [1.54, 1.807) is 6.92 Å². The molecule has 0 unspecified atom stereocenters. The topological polar surface area (TPSA) is 38.0 Å². The zero-order chi connectivity index (χ0) is 11.7. The first kappa shape index (κ1) is 11.4. The summed E-state index contributed by atoms with van der Waals surface area (Å²) in [5.74, 6) is 0.668. The molecule has 0 saturated heterocycles. The lowest BCUT2D eigenvalue weighted by Crippen LogP contribution is -2.06. The average Bonchev–Trinajstić information content (AvgIpc) is 2.57. The van der Waals surface area contributed by atoms with Crippen molar-refractivity contribution in [1.29, 1.82) is 0 Å². The minimum Gasteiger partial charge on any atom is -0.385 e. The summed E-state index contributed by atoms with van der Waals surface area (Å²) in [6.45, 7) is 6.15. The molecule has 0 saturated carbocycles. The minimum absolute atomic E-state index is 0.584. The normalized spacial score (nSPS) is 12.9. The molecule has 1 heterocycles. The number of nitrogens with zero attached hydrogens (tertiary/aromatic N) is 2. The Balaban J connectivity index is 2.64. The van der Waals surface area contributed by atoms with Crippen molar-refractivity contribution in [1.82, 2.24) is 9.55 Å². The van der Waals surface area contributed by atoms with Gasteiger partial charge >= 0.3 is 0 Å². The van der Waals surface area contributed by atoms with E-state index >= 15 is 0 Å². The SMILES string of the molecule is C=C(Br)Cn1c([C@H](C)O)nc2ccccc21. The van der Waals surface area contributed by atoms with Crippen LogP contribution < -0.4 is 0 Å². The summed E-state index contributed by atoms with van der Waals surface area (Å²) < 4.78 is 2.83. The molecule has 1 aromatic heterocycles. The maximum atomic E-state index is 9.69. The van der Waals surface area contributed by atoms with Crippen LogP contribution in [-0.2, 0) is 6.54 Å². The Kier molecular flexibility index (Phi) is 3.12. The van der Waals surface area contributed by atoms with E-state index in [9.17, 15) is 5.11 Å². The fourth-order valence-electron chi connectivity index (χ4n) is 1.75. The summed E-state index contributed by atoms with van der Waals surface area (Å²) in [6, 6.07) is 7.83. The van der Waals surface area contributed by atoms with Crippen molar-refractivity contribution in [2.75, 3.05) is 0 Å². The Morgan fingerprint density at radius 3 is 2.88 bits per heavy atom. The van der Waals surface area contributed by atoms with Gasteiger partial charge in [-0.25, -0.2) is 4.98 Å². The summed E-state index contributed by atoms with van der Waals surface area (Å²) >= 11 is 3.34. The van der Waals surface area contributed by atoms with Crippen LogP contribution in [-0.4, -0.2) is 14.7 Å². The maximum absolute atomic E-state index is 9.69. The Labute approximate surface area is 103 Å². The smallest absolute Gasteiger partial charge is 0.138 e. The second-order valence-corrected chi connectivity index (χ2v) is 4.86. The van der Waals surface area contributed by atoms with Gasteiger partial charge in [-0.2, -0.15) is 0 Å². The van der Waals surface area contributed by atoms with Crippen LogP contribution in [0.25, 0.3) is 11.0 Å². The van der Waals surface area contributed by atoms with Gasteiger partial charge in [-0.1, -0.05) is 34.6 Å². The number of hydrogen-bond acceptors (Lipinski definition) is 2. The van der Waals surface area contributed by atoms with Crippen LogP contribution in [0.3, 0.4) is 0 Å². The number of fused-ring (bicyclic) bond motifs is 1. The molecule has 0 amide bonds. The molecule has 0 aliphatic heterocycles. The van der Waals surface area contributed by atoms with Crippen LogP contribution in [0.4, 0.5) is 0 Å². The Bertz CT molecular complexity index is 531. The molecule has 4 heteroatoms. The third kappa shape index (κ3) is 2.03. The average molecular weight is 281 g/mol. The molecule has 3 nitrogen and oxygen atoms in total. The molecule has 0 aliphatic rings. The molecular weight excluding hydrogens is 268 g/mol. The summed E-state index contributed by atoms with van der Waals surface area (Å²) in [5.41, 5.74) is 1.91. The molecule has 0 radical (unpaired) electrons. The molecule has 0 aliphatic carbocycles. The molecule has 0 spiro atoms. The van der Waals surface area contributed by atoms with E-state index in [-0.39, 0.29) is 0 Å². The Morgan fingerprint density at radius 1 is 1.56 bits per heavy atom. The first-order chi connectivity index (χ1) is 7.59. The first-order valence-corrected chi connectivity index (χ1v) is 5.85. The number of hydrogen-bond donors (Lipinski definition) is 1. The fraction of sp³-hybridized carbons (Fsp3) is 0.250. The predicted molar refractivity (Wildman–Crippen MR) is 68.4 cm³/mol. The summed E-state index contributed by atoms with van der Waals surface area (Å²) in [7, 11) is 0. The highest BCUT2D eigenvalue weighted by Crippen LogP contribution is 2.22. The van der Waals surface area contributed by atoms with Crippen molar-refractivity contribution in [2.24, 2.45) is 0 Å². The Morgan fingerprint density at radius 2 is 2.25 bits per heavy atom. The van der Waals surface area contributed by atoms with Gasteiger partial charge in [0.05, 0.1) is 17.6 Å². The zero-order valence-electron chi connectivity index (χ0n) is 9.02. The molecule has 84 valence electrons. The minimum atomic E-state index is -0.584. The summed E-state index contributed by atoms with van der Waals surface area (Å²) in [5, 5.41) is 9.69. The Hall–Kier alpha value is -1.13. The molecule has 2 aromatic rings. The summed E-state index contributed by atoms with van der Waals surface area (Å²) in [6.07, 6.45) is -0.584. The first-order valence-electron chi connectivity index (χ1n) is 5.06. The van der Waals surface area contributed by atoms with E-state index in [1.807, 2.05) is 28.8 Å². The van der Waals surface area contributed by atoms with Crippen LogP contribution >= 0.6 is 15.9 Å². The van der Waals surface area contributed by atoms with Crippen LogP contribution in [0, 0.1) is 0 Å². The second-order valence-electron chi connectivity index (χ2n) is 3.74. The molecule has 0 bridgehead atoms. The molecular formula is C12H13BrN2O. The van der Waals surface area contributed by atoms with Gasteiger partial charge in [-0.05, 0) is 19.1 Å². The number of para-hydroxylation sites is 2. The number of aromatic nitrogens is 2. The fourth-order valence-corrected chi connectivity index (χ4v) is 2.00. The molecule has 1 N–H and O–H groups in total. The van der Waals surface area contributed by atoms with E-state index in [0.29, 0.717) is 12.4 Å². The molecule has 2 rings (SSSR count). The number of imidazole rings is 1. The third-order valence-corrected chi connectivity index (χ3v) is 2.64. The lowest BCUT2D eigenvalue weighted by atomic mass is 10.3. The largest absolute Gasteiger partial charge is 0.385 e. The number of halogens is 1. The number of rotatable bonds is 3. The van der Waals surface area contributed by atoms with Crippen LogP contribution in [0.1, 0.15) is 18.9 Å². The van der Waals surface area contributed by atoms with Crippen molar-refractivity contribution in [3.8, 4) is 0 Å². The van der Waals surface area contributed by atoms with Gasteiger partial charge in [0.15, 0.2) is 0 Å². The van der Waals surface area contributed by atoms with E-state index in [2.05, 4.69) is 27.5 Å². The van der Waals surface area contributed by atoms with Crippen molar-refractivity contribution in [2.45, 2.75) is 19.6 Å². The van der Waals surface area contributed by atoms with Gasteiger partial charge in [0.25, 0.3) is 0 Å². The van der Waals surface area contributed by atoms with Crippen molar-refractivity contribution >= 4 is 27.0 Å². The lowest BCUT2D eigenvalue weighted by Gasteiger charge is -2.09. The van der Waals surface area contributed by atoms with Crippen molar-refractivity contribution in [3.63, 3.8) is 0 Å². The van der Waals surface area contributed by atoms with Gasteiger partial charge in [-0.3, -0.25) is 0 Å². The van der Waals surface area contributed by atoms with Crippen LogP contribution in [0.15, 0.2) is 35.3 Å². The second kappa shape index (κ2) is 4.39. The van der Waals surface area contributed by atoms with E-state index in [0.717, 1.165) is 15.5 Å². The molecule has 16 heavy (non-hydrogen) atoms.